The second kappa shape index (κ2) is 8.11. The number of esters is 2. The van der Waals surface area contributed by atoms with Crippen molar-refractivity contribution in [2.45, 2.75) is 26.7 Å². The lowest BCUT2D eigenvalue weighted by molar-refractivity contribution is -0.152. The van der Waals surface area contributed by atoms with Crippen molar-refractivity contribution >= 4 is 11.9 Å². The molecule has 0 aliphatic rings. The first-order chi connectivity index (χ1) is 10.0. The van der Waals surface area contributed by atoms with Crippen LogP contribution in [0, 0.1) is 17.3 Å². The van der Waals surface area contributed by atoms with Gasteiger partial charge in [0.1, 0.15) is 5.41 Å². The molecule has 4 nitrogen and oxygen atoms in total. The molecule has 0 aromatic heterocycles. The van der Waals surface area contributed by atoms with Gasteiger partial charge in [0.2, 0.25) is 0 Å². The van der Waals surface area contributed by atoms with Gasteiger partial charge < -0.3 is 9.47 Å². The molecule has 21 heavy (non-hydrogen) atoms. The van der Waals surface area contributed by atoms with E-state index in [1.54, 1.807) is 13.8 Å². The van der Waals surface area contributed by atoms with Crippen LogP contribution in [-0.4, -0.2) is 25.7 Å². The Morgan fingerprint density at radius 3 is 2.48 bits per heavy atom. The summed E-state index contributed by atoms with van der Waals surface area (Å²) in [4.78, 5) is 23.4. The Bertz CT molecular complexity index is 539. The summed E-state index contributed by atoms with van der Waals surface area (Å²) in [5.41, 5.74) is -0.217. The summed E-state index contributed by atoms with van der Waals surface area (Å²) in [6.45, 7) is 3.70. The van der Waals surface area contributed by atoms with Crippen molar-refractivity contribution in [2.24, 2.45) is 5.41 Å². The molecule has 0 aliphatic carbocycles. The number of rotatable bonds is 5. The number of carbonyl (C=O) groups is 2. The van der Waals surface area contributed by atoms with Crippen LogP contribution in [0.2, 0.25) is 0 Å². The molecule has 1 unspecified atom stereocenters. The molecule has 0 radical (unpaired) electrons. The molecule has 0 saturated carbocycles. The summed E-state index contributed by atoms with van der Waals surface area (Å²) in [6.07, 6.45) is 0.383. The van der Waals surface area contributed by atoms with Crippen LogP contribution in [-0.2, 0) is 19.1 Å². The third-order valence-electron chi connectivity index (χ3n) is 3.04. The first kappa shape index (κ1) is 16.8. The highest BCUT2D eigenvalue weighted by molar-refractivity contribution is 5.81. The predicted octanol–water partition coefficient (Wildman–Crippen LogP) is 2.56. The minimum atomic E-state index is -1.03. The maximum absolute atomic E-state index is 12.1. The van der Waals surface area contributed by atoms with Crippen molar-refractivity contribution in [3.05, 3.63) is 35.9 Å². The van der Waals surface area contributed by atoms with Gasteiger partial charge in [-0.15, -0.1) is 0 Å². The molecule has 1 rings (SSSR count). The van der Waals surface area contributed by atoms with Crippen LogP contribution in [0.4, 0.5) is 0 Å². The smallest absolute Gasteiger partial charge is 0.323 e. The predicted molar refractivity (Wildman–Crippen MR) is 79.3 cm³/mol. The third-order valence-corrected chi connectivity index (χ3v) is 3.04. The molecular formula is C17H20O4. The number of hydrogen-bond donors (Lipinski definition) is 0. The van der Waals surface area contributed by atoms with Gasteiger partial charge in [-0.3, -0.25) is 9.59 Å². The van der Waals surface area contributed by atoms with Crippen molar-refractivity contribution in [1.29, 1.82) is 0 Å². The lowest BCUT2D eigenvalue weighted by Crippen LogP contribution is -2.29. The van der Waals surface area contributed by atoms with Crippen LogP contribution in [0.5, 0.6) is 0 Å². The Morgan fingerprint density at radius 1 is 1.24 bits per heavy atom. The second-order valence-electron chi connectivity index (χ2n) is 4.74. The second-order valence-corrected chi connectivity index (χ2v) is 4.74. The van der Waals surface area contributed by atoms with E-state index in [0.29, 0.717) is 0 Å². The van der Waals surface area contributed by atoms with Crippen molar-refractivity contribution in [1.82, 2.24) is 0 Å². The fourth-order valence-electron chi connectivity index (χ4n) is 1.69. The van der Waals surface area contributed by atoms with E-state index in [4.69, 9.17) is 4.74 Å². The molecular weight excluding hydrogens is 268 g/mol. The van der Waals surface area contributed by atoms with Crippen LogP contribution < -0.4 is 0 Å². The van der Waals surface area contributed by atoms with Gasteiger partial charge in [0.05, 0.1) is 13.7 Å². The zero-order chi connectivity index (χ0) is 15.7. The lowest BCUT2D eigenvalue weighted by Gasteiger charge is -2.20. The van der Waals surface area contributed by atoms with Crippen LogP contribution in [0.25, 0.3) is 0 Å². The highest BCUT2D eigenvalue weighted by Crippen LogP contribution is 2.25. The fourth-order valence-corrected chi connectivity index (χ4v) is 1.69. The third kappa shape index (κ3) is 5.31. The minimum Gasteiger partial charge on any atom is -0.469 e. The van der Waals surface area contributed by atoms with E-state index in [1.807, 2.05) is 30.3 Å². The molecule has 0 bridgehead atoms. The zero-order valence-electron chi connectivity index (χ0n) is 12.6. The van der Waals surface area contributed by atoms with Crippen molar-refractivity contribution < 1.29 is 19.1 Å². The van der Waals surface area contributed by atoms with Gasteiger partial charge in [0.25, 0.3) is 0 Å². The van der Waals surface area contributed by atoms with Gasteiger partial charge in [-0.1, -0.05) is 30.0 Å². The van der Waals surface area contributed by atoms with E-state index >= 15 is 0 Å². The highest BCUT2D eigenvalue weighted by Gasteiger charge is 2.33. The normalized spacial score (nSPS) is 12.5. The van der Waals surface area contributed by atoms with Crippen LogP contribution >= 0.6 is 0 Å². The molecule has 0 amide bonds. The molecule has 0 spiro atoms. The standard InChI is InChI=1S/C17H20O4/c1-4-21-16(19)17(2,13-11-15(18)20-3)12-10-14-8-6-5-7-9-14/h5-9H,4,11,13H2,1-3H3. The maximum Gasteiger partial charge on any atom is 0.323 e. The fraction of sp³-hybridized carbons (Fsp3) is 0.412. The summed E-state index contributed by atoms with van der Waals surface area (Å²) in [5, 5.41) is 0. The molecule has 0 fully saturated rings. The highest BCUT2D eigenvalue weighted by atomic mass is 16.5. The van der Waals surface area contributed by atoms with E-state index < -0.39 is 11.4 Å². The summed E-state index contributed by atoms with van der Waals surface area (Å²) in [5.74, 6) is 5.12. The van der Waals surface area contributed by atoms with E-state index in [9.17, 15) is 9.59 Å². The number of ether oxygens (including phenoxy) is 2. The van der Waals surface area contributed by atoms with Crippen LogP contribution in [0.15, 0.2) is 30.3 Å². The summed E-state index contributed by atoms with van der Waals surface area (Å²) in [6, 6.07) is 9.37. The topological polar surface area (TPSA) is 52.6 Å². The summed E-state index contributed by atoms with van der Waals surface area (Å²) >= 11 is 0. The molecule has 0 saturated heterocycles. The van der Waals surface area contributed by atoms with Gasteiger partial charge in [0, 0.05) is 12.0 Å². The number of hydrogen-bond acceptors (Lipinski definition) is 4. The van der Waals surface area contributed by atoms with E-state index in [0.717, 1.165) is 5.56 Å². The summed E-state index contributed by atoms with van der Waals surface area (Å²) < 4.78 is 9.68. The minimum absolute atomic E-state index is 0.120. The van der Waals surface area contributed by atoms with E-state index in [-0.39, 0.29) is 25.4 Å². The number of benzene rings is 1. The van der Waals surface area contributed by atoms with Crippen LogP contribution in [0.3, 0.4) is 0 Å². The van der Waals surface area contributed by atoms with Gasteiger partial charge in [0.15, 0.2) is 0 Å². The Hall–Kier alpha value is -2.28. The van der Waals surface area contributed by atoms with E-state index in [2.05, 4.69) is 16.6 Å². The number of methoxy groups -OCH3 is 1. The molecule has 1 atom stereocenters. The average molecular weight is 288 g/mol. The average Bonchev–Trinajstić information content (AvgIpc) is 2.51. The molecule has 0 heterocycles. The maximum atomic E-state index is 12.1. The van der Waals surface area contributed by atoms with Crippen molar-refractivity contribution in [3.63, 3.8) is 0 Å². The summed E-state index contributed by atoms with van der Waals surface area (Å²) in [7, 11) is 1.32. The van der Waals surface area contributed by atoms with Gasteiger partial charge in [-0.25, -0.2) is 0 Å². The van der Waals surface area contributed by atoms with Crippen LogP contribution in [0.1, 0.15) is 32.3 Å². The first-order valence-corrected chi connectivity index (χ1v) is 6.84. The first-order valence-electron chi connectivity index (χ1n) is 6.84. The molecule has 0 aliphatic heterocycles. The van der Waals surface area contributed by atoms with Crippen molar-refractivity contribution in [2.75, 3.05) is 13.7 Å². The molecule has 4 heteroatoms. The van der Waals surface area contributed by atoms with Crippen molar-refractivity contribution in [3.8, 4) is 11.8 Å². The monoisotopic (exact) mass is 288 g/mol. The zero-order valence-corrected chi connectivity index (χ0v) is 12.6. The Morgan fingerprint density at radius 2 is 1.90 bits per heavy atom. The van der Waals surface area contributed by atoms with Gasteiger partial charge in [-0.05, 0) is 32.4 Å². The Labute approximate surface area is 125 Å². The molecule has 1 aromatic rings. The molecule has 1 aromatic carbocycles. The lowest BCUT2D eigenvalue weighted by atomic mass is 9.85. The number of carbonyl (C=O) groups excluding carboxylic acids is 2. The molecule has 112 valence electrons. The Kier molecular flexibility index (Phi) is 6.48. The van der Waals surface area contributed by atoms with E-state index in [1.165, 1.54) is 7.11 Å². The quantitative estimate of drug-likeness (QED) is 0.617. The van der Waals surface area contributed by atoms with Gasteiger partial charge >= 0.3 is 11.9 Å². The van der Waals surface area contributed by atoms with Gasteiger partial charge in [-0.2, -0.15) is 0 Å². The SMILES string of the molecule is CCOC(=O)C(C)(C#Cc1ccccc1)CCC(=O)OC. The Balaban J connectivity index is 2.94. The largest absolute Gasteiger partial charge is 0.469 e. The molecule has 0 N–H and O–H groups in total.